The molecule has 0 bridgehead atoms. The molecule has 1 amide bonds. The Morgan fingerprint density at radius 3 is 2.76 bits per heavy atom. The zero-order chi connectivity index (χ0) is 15.7. The van der Waals surface area contributed by atoms with E-state index in [1.807, 2.05) is 13.8 Å². The molecule has 2 N–H and O–H groups in total. The van der Waals surface area contributed by atoms with Crippen LogP contribution in [0.5, 0.6) is 0 Å². The Hall–Kier alpha value is -1.69. The molecule has 0 saturated carbocycles. The van der Waals surface area contributed by atoms with E-state index in [1.165, 1.54) is 0 Å². The van der Waals surface area contributed by atoms with Crippen LogP contribution >= 0.6 is 0 Å². The highest BCUT2D eigenvalue weighted by atomic mass is 16.5. The molecular weight excluding hydrogens is 268 g/mol. The lowest BCUT2D eigenvalue weighted by Gasteiger charge is -2.13. The van der Waals surface area contributed by atoms with E-state index in [-0.39, 0.29) is 11.8 Å². The van der Waals surface area contributed by atoms with Crippen molar-refractivity contribution in [2.24, 2.45) is 0 Å². The summed E-state index contributed by atoms with van der Waals surface area (Å²) >= 11 is 0. The molecule has 118 valence electrons. The molecule has 6 heteroatoms. The van der Waals surface area contributed by atoms with Crippen molar-refractivity contribution in [3.05, 3.63) is 17.7 Å². The predicted molar refractivity (Wildman–Crippen MR) is 83.7 cm³/mol. The standard InChI is InChI=1S/C15H26N4O2/c1-5-7-16-12-10-18-14(11(2)3)19-13(12)15(20)17-8-6-9-21-4/h10-11,16H,5-9H2,1-4H3,(H,17,20). The maximum atomic E-state index is 12.3. The van der Waals surface area contributed by atoms with Crippen LogP contribution in [0.2, 0.25) is 0 Å². The first-order valence-corrected chi connectivity index (χ1v) is 7.48. The fourth-order valence-corrected chi connectivity index (χ4v) is 1.74. The largest absolute Gasteiger partial charge is 0.385 e. The van der Waals surface area contributed by atoms with Gasteiger partial charge in [0.15, 0.2) is 5.69 Å². The molecule has 1 aromatic rings. The first kappa shape index (κ1) is 17.4. The number of carbonyl (C=O) groups excluding carboxylic acids is 1. The summed E-state index contributed by atoms with van der Waals surface area (Å²) in [5.41, 5.74) is 1.10. The van der Waals surface area contributed by atoms with Crippen molar-refractivity contribution in [3.8, 4) is 0 Å². The number of aromatic nitrogens is 2. The first-order chi connectivity index (χ1) is 10.1. The molecule has 0 radical (unpaired) electrons. The molecule has 0 fully saturated rings. The third-order valence-corrected chi connectivity index (χ3v) is 2.92. The lowest BCUT2D eigenvalue weighted by atomic mass is 10.2. The van der Waals surface area contributed by atoms with E-state index >= 15 is 0 Å². The fourth-order valence-electron chi connectivity index (χ4n) is 1.74. The van der Waals surface area contributed by atoms with Crippen LogP contribution in [0.4, 0.5) is 5.69 Å². The smallest absolute Gasteiger partial charge is 0.272 e. The zero-order valence-corrected chi connectivity index (χ0v) is 13.4. The highest BCUT2D eigenvalue weighted by Crippen LogP contribution is 2.16. The molecule has 6 nitrogen and oxygen atoms in total. The van der Waals surface area contributed by atoms with E-state index in [9.17, 15) is 4.79 Å². The van der Waals surface area contributed by atoms with Crippen molar-refractivity contribution in [2.75, 3.05) is 32.1 Å². The van der Waals surface area contributed by atoms with E-state index in [0.29, 0.717) is 30.4 Å². The van der Waals surface area contributed by atoms with Crippen molar-refractivity contribution in [1.82, 2.24) is 15.3 Å². The average Bonchev–Trinajstić information content (AvgIpc) is 2.49. The summed E-state index contributed by atoms with van der Waals surface area (Å²) in [6, 6.07) is 0. The van der Waals surface area contributed by atoms with Gasteiger partial charge in [-0.2, -0.15) is 0 Å². The van der Waals surface area contributed by atoms with Gasteiger partial charge in [-0.25, -0.2) is 9.97 Å². The molecule has 1 rings (SSSR count). The second-order valence-corrected chi connectivity index (χ2v) is 5.17. The minimum atomic E-state index is -0.172. The van der Waals surface area contributed by atoms with Crippen molar-refractivity contribution < 1.29 is 9.53 Å². The number of ether oxygens (including phenoxy) is 1. The van der Waals surface area contributed by atoms with Crippen LogP contribution in [0.1, 0.15) is 55.8 Å². The van der Waals surface area contributed by atoms with Gasteiger partial charge in [0.1, 0.15) is 5.82 Å². The Labute approximate surface area is 126 Å². The SMILES string of the molecule is CCCNc1cnc(C(C)C)nc1C(=O)NCCCOC. The van der Waals surface area contributed by atoms with Crippen LogP contribution in [0.15, 0.2) is 6.20 Å². The van der Waals surface area contributed by atoms with E-state index < -0.39 is 0 Å². The van der Waals surface area contributed by atoms with Crippen LogP contribution in [0, 0.1) is 0 Å². The number of hydrogen-bond donors (Lipinski definition) is 2. The fraction of sp³-hybridized carbons (Fsp3) is 0.667. The van der Waals surface area contributed by atoms with Crippen molar-refractivity contribution in [1.29, 1.82) is 0 Å². The molecule has 0 aliphatic rings. The Kier molecular flexibility index (Phi) is 7.68. The summed E-state index contributed by atoms with van der Waals surface area (Å²) in [7, 11) is 1.65. The predicted octanol–water partition coefficient (Wildman–Crippen LogP) is 2.19. The minimum Gasteiger partial charge on any atom is -0.385 e. The van der Waals surface area contributed by atoms with E-state index in [2.05, 4.69) is 27.5 Å². The number of rotatable bonds is 9. The third-order valence-electron chi connectivity index (χ3n) is 2.92. The number of hydrogen-bond acceptors (Lipinski definition) is 5. The van der Waals surface area contributed by atoms with Crippen LogP contribution in [-0.2, 0) is 4.74 Å². The first-order valence-electron chi connectivity index (χ1n) is 7.48. The molecule has 0 atom stereocenters. The summed E-state index contributed by atoms with van der Waals surface area (Å²) < 4.78 is 4.97. The zero-order valence-electron chi connectivity index (χ0n) is 13.4. The van der Waals surface area contributed by atoms with Crippen molar-refractivity contribution >= 4 is 11.6 Å². The quantitative estimate of drug-likeness (QED) is 0.683. The Balaban J connectivity index is 2.83. The normalized spacial score (nSPS) is 10.7. The summed E-state index contributed by atoms with van der Waals surface area (Å²) in [5, 5.41) is 6.07. The monoisotopic (exact) mass is 294 g/mol. The molecule has 0 aromatic carbocycles. The van der Waals surface area contributed by atoms with Crippen molar-refractivity contribution in [2.45, 2.75) is 39.5 Å². The number of amides is 1. The Bertz CT molecular complexity index is 449. The number of carbonyl (C=O) groups is 1. The average molecular weight is 294 g/mol. The molecule has 0 spiro atoms. The van der Waals surface area contributed by atoms with Gasteiger partial charge in [-0.15, -0.1) is 0 Å². The summed E-state index contributed by atoms with van der Waals surface area (Å²) in [4.78, 5) is 21.0. The van der Waals surface area contributed by atoms with E-state index in [0.717, 1.165) is 19.4 Å². The number of nitrogens with one attached hydrogen (secondary N) is 2. The topological polar surface area (TPSA) is 76.1 Å². The summed E-state index contributed by atoms with van der Waals surface area (Å²) in [6.07, 6.45) is 3.45. The molecule has 1 heterocycles. The van der Waals surface area contributed by atoms with Gasteiger partial charge < -0.3 is 15.4 Å². The van der Waals surface area contributed by atoms with Crippen molar-refractivity contribution in [3.63, 3.8) is 0 Å². The maximum absolute atomic E-state index is 12.3. The Morgan fingerprint density at radius 2 is 2.14 bits per heavy atom. The molecule has 0 aliphatic carbocycles. The number of nitrogens with zero attached hydrogens (tertiary/aromatic N) is 2. The van der Waals surface area contributed by atoms with Gasteiger partial charge in [0.2, 0.25) is 0 Å². The van der Waals surface area contributed by atoms with Gasteiger partial charge in [0, 0.05) is 32.7 Å². The van der Waals surface area contributed by atoms with Gasteiger partial charge in [-0.3, -0.25) is 4.79 Å². The maximum Gasteiger partial charge on any atom is 0.272 e. The Morgan fingerprint density at radius 1 is 1.38 bits per heavy atom. The second-order valence-electron chi connectivity index (χ2n) is 5.17. The molecule has 0 saturated heterocycles. The van der Waals surface area contributed by atoms with Gasteiger partial charge in [-0.05, 0) is 12.8 Å². The number of methoxy groups -OCH3 is 1. The summed E-state index contributed by atoms with van der Waals surface area (Å²) in [5.74, 6) is 0.693. The molecule has 1 aromatic heterocycles. The number of anilines is 1. The van der Waals surface area contributed by atoms with Gasteiger partial charge in [-0.1, -0.05) is 20.8 Å². The minimum absolute atomic E-state index is 0.172. The molecule has 0 unspecified atom stereocenters. The lowest BCUT2D eigenvalue weighted by Crippen LogP contribution is -2.28. The lowest BCUT2D eigenvalue weighted by molar-refractivity contribution is 0.0944. The van der Waals surface area contributed by atoms with Crippen LogP contribution in [0.3, 0.4) is 0 Å². The van der Waals surface area contributed by atoms with Gasteiger partial charge >= 0.3 is 0 Å². The van der Waals surface area contributed by atoms with E-state index in [1.54, 1.807) is 13.3 Å². The molecule has 0 aliphatic heterocycles. The third kappa shape index (κ3) is 5.67. The van der Waals surface area contributed by atoms with Crippen LogP contribution < -0.4 is 10.6 Å². The van der Waals surface area contributed by atoms with Crippen LogP contribution in [-0.4, -0.2) is 42.7 Å². The highest BCUT2D eigenvalue weighted by molar-refractivity contribution is 5.97. The molecular formula is C15H26N4O2. The van der Waals surface area contributed by atoms with E-state index in [4.69, 9.17) is 4.74 Å². The van der Waals surface area contributed by atoms with Gasteiger partial charge in [0.05, 0.1) is 11.9 Å². The highest BCUT2D eigenvalue weighted by Gasteiger charge is 2.16. The molecule has 21 heavy (non-hydrogen) atoms. The summed E-state index contributed by atoms with van der Waals surface area (Å²) in [6.45, 7) is 8.07. The second kappa shape index (κ2) is 9.28. The van der Waals surface area contributed by atoms with Gasteiger partial charge in [0.25, 0.3) is 5.91 Å². The van der Waals surface area contributed by atoms with Crippen LogP contribution in [0.25, 0.3) is 0 Å².